The molecule has 1 amide bonds. The fourth-order valence-electron chi connectivity index (χ4n) is 1.90. The molecule has 1 atom stereocenters. The Kier molecular flexibility index (Phi) is 7.05. The predicted molar refractivity (Wildman–Crippen MR) is 79.0 cm³/mol. The monoisotopic (exact) mass is 284 g/mol. The van der Waals surface area contributed by atoms with Crippen molar-refractivity contribution < 1.29 is 9.53 Å². The Balaban J connectivity index is 2.63. The summed E-state index contributed by atoms with van der Waals surface area (Å²) < 4.78 is 5.07. The average Bonchev–Trinajstić information content (AvgIpc) is 2.85. The molecule has 0 aromatic carbocycles. The number of hydrogen-bond donors (Lipinski definition) is 1. The first-order valence-corrected chi connectivity index (χ1v) is 7.48. The van der Waals surface area contributed by atoms with Crippen molar-refractivity contribution in [1.29, 1.82) is 0 Å². The third-order valence-corrected chi connectivity index (χ3v) is 3.71. The van der Waals surface area contributed by atoms with Gasteiger partial charge in [0.2, 0.25) is 5.91 Å². The summed E-state index contributed by atoms with van der Waals surface area (Å²) in [6.45, 7) is 5.88. The van der Waals surface area contributed by atoms with E-state index >= 15 is 0 Å². The number of nitrogens with two attached hydrogens (primary N) is 1. The molecule has 0 saturated carbocycles. The highest BCUT2D eigenvalue weighted by molar-refractivity contribution is 7.09. The Morgan fingerprint density at radius 3 is 2.79 bits per heavy atom. The van der Waals surface area contributed by atoms with E-state index in [-0.39, 0.29) is 5.91 Å². The van der Waals surface area contributed by atoms with Crippen LogP contribution in [0.4, 0.5) is 0 Å². The topological polar surface area (TPSA) is 55.6 Å². The van der Waals surface area contributed by atoms with E-state index in [4.69, 9.17) is 10.5 Å². The van der Waals surface area contributed by atoms with Crippen molar-refractivity contribution in [2.24, 2.45) is 11.7 Å². The Bertz CT molecular complexity index is 366. The van der Waals surface area contributed by atoms with E-state index in [9.17, 15) is 4.79 Å². The molecule has 0 aliphatic rings. The van der Waals surface area contributed by atoms with Crippen molar-refractivity contribution in [2.75, 3.05) is 20.3 Å². The van der Waals surface area contributed by atoms with E-state index in [0.29, 0.717) is 32.0 Å². The van der Waals surface area contributed by atoms with Gasteiger partial charge < -0.3 is 15.4 Å². The zero-order chi connectivity index (χ0) is 14.3. The van der Waals surface area contributed by atoms with Gasteiger partial charge in [-0.05, 0) is 23.8 Å². The van der Waals surface area contributed by atoms with Crippen molar-refractivity contribution >= 4 is 17.2 Å². The molecule has 108 valence electrons. The van der Waals surface area contributed by atoms with Gasteiger partial charge >= 0.3 is 0 Å². The number of carbonyl (C=O) groups is 1. The predicted octanol–water partition coefficient (Wildman–Crippen LogP) is 2.10. The van der Waals surface area contributed by atoms with E-state index in [2.05, 4.69) is 13.8 Å². The summed E-state index contributed by atoms with van der Waals surface area (Å²) in [6.07, 6.45) is 0.715. The SMILES string of the molecule is COCCN(Cc1cccs1)C(=O)[C@@H](N)CC(C)C. The minimum absolute atomic E-state index is 0.0131. The number of amides is 1. The second-order valence-corrected chi connectivity index (χ2v) is 6.10. The van der Waals surface area contributed by atoms with Crippen LogP contribution in [0.5, 0.6) is 0 Å². The summed E-state index contributed by atoms with van der Waals surface area (Å²) in [4.78, 5) is 15.3. The maximum atomic E-state index is 12.4. The molecule has 5 heteroatoms. The van der Waals surface area contributed by atoms with Crippen LogP contribution in [0.15, 0.2) is 17.5 Å². The largest absolute Gasteiger partial charge is 0.383 e. The number of hydrogen-bond acceptors (Lipinski definition) is 4. The molecule has 1 rings (SSSR count). The maximum absolute atomic E-state index is 12.4. The van der Waals surface area contributed by atoms with Crippen LogP contribution in [0.2, 0.25) is 0 Å². The van der Waals surface area contributed by atoms with Crippen LogP contribution in [0, 0.1) is 5.92 Å². The van der Waals surface area contributed by atoms with E-state index < -0.39 is 6.04 Å². The van der Waals surface area contributed by atoms with Crippen LogP contribution in [-0.4, -0.2) is 37.1 Å². The van der Waals surface area contributed by atoms with Gasteiger partial charge in [-0.3, -0.25) is 4.79 Å². The highest BCUT2D eigenvalue weighted by atomic mass is 32.1. The van der Waals surface area contributed by atoms with Gasteiger partial charge in [0, 0.05) is 18.5 Å². The average molecular weight is 284 g/mol. The third kappa shape index (κ3) is 5.72. The highest BCUT2D eigenvalue weighted by Crippen LogP contribution is 2.14. The molecule has 0 fully saturated rings. The van der Waals surface area contributed by atoms with Gasteiger partial charge in [-0.25, -0.2) is 0 Å². The van der Waals surface area contributed by atoms with Crippen molar-refractivity contribution in [3.63, 3.8) is 0 Å². The number of thiophene rings is 1. The number of rotatable bonds is 8. The Morgan fingerprint density at radius 2 is 2.26 bits per heavy atom. The smallest absolute Gasteiger partial charge is 0.239 e. The second kappa shape index (κ2) is 8.30. The molecule has 1 aromatic rings. The lowest BCUT2D eigenvalue weighted by Crippen LogP contribution is -2.45. The zero-order valence-corrected chi connectivity index (χ0v) is 12.8. The third-order valence-electron chi connectivity index (χ3n) is 2.85. The van der Waals surface area contributed by atoms with Crippen LogP contribution in [0.3, 0.4) is 0 Å². The van der Waals surface area contributed by atoms with Crippen LogP contribution in [-0.2, 0) is 16.1 Å². The number of nitrogens with zero attached hydrogens (tertiary/aromatic N) is 1. The van der Waals surface area contributed by atoms with Crippen LogP contribution in [0.1, 0.15) is 25.1 Å². The molecule has 0 aliphatic heterocycles. The first kappa shape index (κ1) is 16.1. The second-order valence-electron chi connectivity index (χ2n) is 5.07. The Morgan fingerprint density at radius 1 is 1.53 bits per heavy atom. The molecule has 1 aromatic heterocycles. The molecule has 0 radical (unpaired) electrons. The van der Waals surface area contributed by atoms with Crippen LogP contribution >= 0.6 is 11.3 Å². The summed E-state index contributed by atoms with van der Waals surface area (Å²) in [7, 11) is 1.64. The van der Waals surface area contributed by atoms with Gasteiger partial charge in [-0.2, -0.15) is 0 Å². The lowest BCUT2D eigenvalue weighted by Gasteiger charge is -2.25. The van der Waals surface area contributed by atoms with Gasteiger partial charge in [0.1, 0.15) is 0 Å². The first-order valence-electron chi connectivity index (χ1n) is 6.60. The molecule has 0 saturated heterocycles. The van der Waals surface area contributed by atoms with Gasteiger partial charge in [-0.15, -0.1) is 11.3 Å². The van der Waals surface area contributed by atoms with E-state index in [1.807, 2.05) is 17.5 Å². The van der Waals surface area contributed by atoms with E-state index in [0.717, 1.165) is 0 Å². The van der Waals surface area contributed by atoms with E-state index in [1.54, 1.807) is 23.3 Å². The van der Waals surface area contributed by atoms with Crippen LogP contribution < -0.4 is 5.73 Å². The molecule has 0 aliphatic carbocycles. The van der Waals surface area contributed by atoms with Crippen molar-refractivity contribution in [3.05, 3.63) is 22.4 Å². The lowest BCUT2D eigenvalue weighted by atomic mass is 10.0. The Hall–Kier alpha value is -0.910. The van der Waals surface area contributed by atoms with Gasteiger partial charge in [0.15, 0.2) is 0 Å². The summed E-state index contributed by atoms with van der Waals surface area (Å²) in [5, 5.41) is 2.02. The molecular weight excluding hydrogens is 260 g/mol. The minimum atomic E-state index is -0.420. The van der Waals surface area contributed by atoms with Crippen molar-refractivity contribution in [3.8, 4) is 0 Å². The number of methoxy groups -OCH3 is 1. The standard InChI is InChI=1S/C14H24N2O2S/c1-11(2)9-13(15)14(17)16(6-7-18-3)10-12-5-4-8-19-12/h4-5,8,11,13H,6-7,9-10,15H2,1-3H3/t13-/m0/s1. The summed E-state index contributed by atoms with van der Waals surface area (Å²) in [5.41, 5.74) is 5.99. The summed E-state index contributed by atoms with van der Waals surface area (Å²) in [6, 6.07) is 3.61. The summed E-state index contributed by atoms with van der Waals surface area (Å²) >= 11 is 1.65. The molecule has 0 spiro atoms. The minimum Gasteiger partial charge on any atom is -0.383 e. The highest BCUT2D eigenvalue weighted by Gasteiger charge is 2.22. The van der Waals surface area contributed by atoms with Gasteiger partial charge in [-0.1, -0.05) is 19.9 Å². The van der Waals surface area contributed by atoms with Gasteiger partial charge in [0.25, 0.3) is 0 Å². The van der Waals surface area contributed by atoms with Crippen molar-refractivity contribution in [1.82, 2.24) is 4.90 Å². The molecule has 2 N–H and O–H groups in total. The van der Waals surface area contributed by atoms with E-state index in [1.165, 1.54) is 4.88 Å². The number of carbonyl (C=O) groups excluding carboxylic acids is 1. The molecule has 0 unspecified atom stereocenters. The van der Waals surface area contributed by atoms with Crippen LogP contribution in [0.25, 0.3) is 0 Å². The molecule has 0 bridgehead atoms. The molecule has 19 heavy (non-hydrogen) atoms. The Labute approximate surface area is 119 Å². The normalized spacial score (nSPS) is 12.7. The van der Waals surface area contributed by atoms with Crippen molar-refractivity contribution in [2.45, 2.75) is 32.9 Å². The first-order chi connectivity index (χ1) is 9.04. The maximum Gasteiger partial charge on any atom is 0.239 e. The lowest BCUT2D eigenvalue weighted by molar-refractivity contribution is -0.134. The number of ether oxygens (including phenoxy) is 1. The van der Waals surface area contributed by atoms with Gasteiger partial charge in [0.05, 0.1) is 19.2 Å². The summed E-state index contributed by atoms with van der Waals surface area (Å²) in [5.74, 6) is 0.434. The zero-order valence-electron chi connectivity index (χ0n) is 12.0. The molecule has 4 nitrogen and oxygen atoms in total. The molecular formula is C14H24N2O2S. The fourth-order valence-corrected chi connectivity index (χ4v) is 2.62. The fraction of sp³-hybridized carbons (Fsp3) is 0.643. The molecule has 1 heterocycles. The quantitative estimate of drug-likeness (QED) is 0.795.